The van der Waals surface area contributed by atoms with E-state index >= 15 is 0 Å². The van der Waals surface area contributed by atoms with E-state index < -0.39 is 23.8 Å². The van der Waals surface area contributed by atoms with E-state index in [1.54, 1.807) is 17.0 Å². The third-order valence-electron chi connectivity index (χ3n) is 6.69. The van der Waals surface area contributed by atoms with Gasteiger partial charge in [-0.3, -0.25) is 9.59 Å². The van der Waals surface area contributed by atoms with Crippen molar-refractivity contribution in [2.45, 2.75) is 44.9 Å². The number of rotatable bonds is 12. The first-order chi connectivity index (χ1) is 18.8. The topological polar surface area (TPSA) is 93.7 Å². The average molecular weight is 537 g/mol. The minimum absolute atomic E-state index is 0.0273. The molecule has 0 radical (unpaired) electrons. The van der Waals surface area contributed by atoms with Gasteiger partial charge in [-0.25, -0.2) is 8.78 Å². The molecule has 206 valence electrons. The van der Waals surface area contributed by atoms with Gasteiger partial charge >= 0.3 is 0 Å². The quantitative estimate of drug-likeness (QED) is 0.281. The molecule has 39 heavy (non-hydrogen) atoms. The Morgan fingerprint density at radius 2 is 1.82 bits per heavy atom. The number of hydrogen-bond donors (Lipinski definition) is 4. The van der Waals surface area contributed by atoms with E-state index in [2.05, 4.69) is 16.0 Å². The molecule has 0 aromatic heterocycles. The molecule has 3 aromatic carbocycles. The standard InChI is InChI=1S/C30H34F2N4O3/c1-2-34-23-15-22(16-24(17-23)36-12-6-9-29(36)38)30(39)35-27(14-20-7-4-3-5-8-20)28(37)19-33-18-21-10-11-25(31)26(32)13-21/h3-5,7-8,10-11,13,15-17,27-28,33-34,37H,2,6,9,12,14,18-19H2,1H3,(H,35,39)/t27-,28-/m0/s1. The van der Waals surface area contributed by atoms with Crippen LogP contribution in [0.1, 0.15) is 41.3 Å². The predicted octanol–water partition coefficient (Wildman–Crippen LogP) is 4.02. The highest BCUT2D eigenvalue weighted by Gasteiger charge is 2.25. The second-order valence-corrected chi connectivity index (χ2v) is 9.66. The number of nitrogens with zero attached hydrogens (tertiary/aromatic N) is 1. The fourth-order valence-electron chi connectivity index (χ4n) is 4.68. The number of amides is 2. The van der Waals surface area contributed by atoms with Crippen LogP contribution in [-0.2, 0) is 17.8 Å². The summed E-state index contributed by atoms with van der Waals surface area (Å²) in [5, 5.41) is 20.3. The number of aliphatic hydroxyl groups is 1. The Labute approximate surface area is 227 Å². The van der Waals surface area contributed by atoms with Crippen molar-refractivity contribution in [3.8, 4) is 0 Å². The fraction of sp³-hybridized carbons (Fsp3) is 0.333. The van der Waals surface area contributed by atoms with E-state index in [4.69, 9.17) is 0 Å². The Balaban J connectivity index is 1.50. The van der Waals surface area contributed by atoms with Crippen LogP contribution in [0, 0.1) is 11.6 Å². The van der Waals surface area contributed by atoms with Gasteiger partial charge in [0.25, 0.3) is 5.91 Å². The minimum Gasteiger partial charge on any atom is -0.390 e. The SMILES string of the molecule is CCNc1cc(C(=O)N[C@@H](Cc2ccccc2)[C@@H](O)CNCc2ccc(F)c(F)c2)cc(N2CCCC2=O)c1. The van der Waals surface area contributed by atoms with Crippen LogP contribution in [0.5, 0.6) is 0 Å². The van der Waals surface area contributed by atoms with Crippen LogP contribution in [0.4, 0.5) is 20.2 Å². The van der Waals surface area contributed by atoms with Gasteiger partial charge in [-0.15, -0.1) is 0 Å². The van der Waals surface area contributed by atoms with Gasteiger partial charge in [0.05, 0.1) is 12.1 Å². The largest absolute Gasteiger partial charge is 0.390 e. The number of halogens is 2. The molecule has 9 heteroatoms. The highest BCUT2D eigenvalue weighted by atomic mass is 19.2. The van der Waals surface area contributed by atoms with Crippen LogP contribution in [0.25, 0.3) is 0 Å². The highest BCUT2D eigenvalue weighted by Crippen LogP contribution is 2.27. The third kappa shape index (κ3) is 7.61. The summed E-state index contributed by atoms with van der Waals surface area (Å²) in [7, 11) is 0. The lowest BCUT2D eigenvalue weighted by molar-refractivity contribution is -0.117. The molecular weight excluding hydrogens is 502 g/mol. The van der Waals surface area contributed by atoms with E-state index in [0.29, 0.717) is 42.7 Å². The van der Waals surface area contributed by atoms with Crippen molar-refractivity contribution in [3.05, 3.63) is 95.1 Å². The monoisotopic (exact) mass is 536 g/mol. The van der Waals surface area contributed by atoms with Crippen molar-refractivity contribution in [2.24, 2.45) is 0 Å². The minimum atomic E-state index is -0.976. The van der Waals surface area contributed by atoms with E-state index in [1.807, 2.05) is 43.3 Å². The smallest absolute Gasteiger partial charge is 0.251 e. The molecule has 3 aromatic rings. The lowest BCUT2D eigenvalue weighted by Crippen LogP contribution is -2.48. The van der Waals surface area contributed by atoms with Crippen molar-refractivity contribution >= 4 is 23.2 Å². The molecule has 1 fully saturated rings. The van der Waals surface area contributed by atoms with Crippen molar-refractivity contribution in [3.63, 3.8) is 0 Å². The van der Waals surface area contributed by atoms with Crippen molar-refractivity contribution in [2.75, 3.05) is 29.9 Å². The van der Waals surface area contributed by atoms with Gasteiger partial charge in [-0.2, -0.15) is 0 Å². The maximum Gasteiger partial charge on any atom is 0.251 e. The van der Waals surface area contributed by atoms with Gasteiger partial charge in [0.15, 0.2) is 11.6 Å². The van der Waals surface area contributed by atoms with Gasteiger partial charge < -0.3 is 26.0 Å². The number of hydrogen-bond acceptors (Lipinski definition) is 5. The maximum absolute atomic E-state index is 13.5. The molecule has 0 unspecified atom stereocenters. The summed E-state index contributed by atoms with van der Waals surface area (Å²) < 4.78 is 26.8. The second kappa shape index (κ2) is 13.3. The molecule has 0 saturated carbocycles. The first-order valence-electron chi connectivity index (χ1n) is 13.2. The molecular formula is C30H34F2N4O3. The van der Waals surface area contributed by atoms with Crippen LogP contribution in [0.15, 0.2) is 66.7 Å². The average Bonchev–Trinajstić information content (AvgIpc) is 3.36. The number of aliphatic hydroxyl groups excluding tert-OH is 1. The maximum atomic E-state index is 13.5. The number of carbonyl (C=O) groups is 2. The van der Waals surface area contributed by atoms with Crippen molar-refractivity contribution in [1.29, 1.82) is 0 Å². The Kier molecular flexibility index (Phi) is 9.62. The van der Waals surface area contributed by atoms with Crippen molar-refractivity contribution < 1.29 is 23.5 Å². The molecule has 0 spiro atoms. The van der Waals surface area contributed by atoms with Gasteiger partial charge in [-0.1, -0.05) is 36.4 Å². The van der Waals surface area contributed by atoms with Crippen LogP contribution in [0.3, 0.4) is 0 Å². The summed E-state index contributed by atoms with van der Waals surface area (Å²) in [5.74, 6) is -2.19. The van der Waals surface area contributed by atoms with Gasteiger partial charge in [0.2, 0.25) is 5.91 Å². The number of benzene rings is 3. The molecule has 4 rings (SSSR count). The van der Waals surface area contributed by atoms with Crippen LogP contribution < -0.4 is 20.9 Å². The summed E-state index contributed by atoms with van der Waals surface area (Å²) in [6.45, 7) is 3.54. The van der Waals surface area contributed by atoms with E-state index in [0.717, 1.165) is 29.8 Å². The first-order valence-corrected chi connectivity index (χ1v) is 13.2. The molecule has 2 amide bonds. The number of carbonyl (C=O) groups excluding carboxylic acids is 2. The zero-order chi connectivity index (χ0) is 27.8. The zero-order valence-corrected chi connectivity index (χ0v) is 21.9. The Bertz CT molecular complexity index is 1290. The lowest BCUT2D eigenvalue weighted by Gasteiger charge is -2.25. The lowest BCUT2D eigenvalue weighted by atomic mass is 10.00. The predicted molar refractivity (Wildman–Crippen MR) is 148 cm³/mol. The number of anilines is 2. The Hall–Kier alpha value is -3.82. The van der Waals surface area contributed by atoms with Crippen molar-refractivity contribution in [1.82, 2.24) is 10.6 Å². The van der Waals surface area contributed by atoms with Crippen LogP contribution in [0.2, 0.25) is 0 Å². The van der Waals surface area contributed by atoms with Gasteiger partial charge in [0, 0.05) is 49.5 Å². The molecule has 7 nitrogen and oxygen atoms in total. The fourth-order valence-corrected chi connectivity index (χ4v) is 4.68. The number of nitrogens with one attached hydrogen (secondary N) is 3. The normalized spacial score (nSPS) is 14.8. The molecule has 0 bridgehead atoms. The summed E-state index contributed by atoms with van der Waals surface area (Å²) in [6, 6.07) is 17.8. The molecule has 1 aliphatic heterocycles. The molecule has 1 heterocycles. The van der Waals surface area contributed by atoms with Crippen LogP contribution >= 0.6 is 0 Å². The molecule has 1 aliphatic rings. The Morgan fingerprint density at radius 3 is 2.51 bits per heavy atom. The Morgan fingerprint density at radius 1 is 1.03 bits per heavy atom. The molecule has 2 atom stereocenters. The van der Waals surface area contributed by atoms with Gasteiger partial charge in [-0.05, 0) is 61.2 Å². The van der Waals surface area contributed by atoms with E-state index in [9.17, 15) is 23.5 Å². The van der Waals surface area contributed by atoms with Crippen LogP contribution in [-0.4, -0.2) is 48.7 Å². The molecule has 1 saturated heterocycles. The van der Waals surface area contributed by atoms with Gasteiger partial charge in [0.1, 0.15) is 0 Å². The molecule has 0 aliphatic carbocycles. The highest BCUT2D eigenvalue weighted by molar-refractivity contribution is 6.00. The van der Waals surface area contributed by atoms with E-state index in [-0.39, 0.29) is 24.9 Å². The first kappa shape index (κ1) is 28.2. The summed E-state index contributed by atoms with van der Waals surface area (Å²) in [4.78, 5) is 27.5. The summed E-state index contributed by atoms with van der Waals surface area (Å²) in [5.41, 5.74) is 3.24. The van der Waals surface area contributed by atoms with E-state index in [1.165, 1.54) is 6.07 Å². The molecule has 4 N–H and O–H groups in total. The summed E-state index contributed by atoms with van der Waals surface area (Å²) in [6.07, 6.45) is 0.659. The summed E-state index contributed by atoms with van der Waals surface area (Å²) >= 11 is 0. The second-order valence-electron chi connectivity index (χ2n) is 9.66. The zero-order valence-electron chi connectivity index (χ0n) is 21.9. The third-order valence-corrected chi connectivity index (χ3v) is 6.69.